The maximum atomic E-state index is 13.3. The van der Waals surface area contributed by atoms with E-state index in [0.29, 0.717) is 19.6 Å². The van der Waals surface area contributed by atoms with Crippen molar-refractivity contribution in [1.29, 1.82) is 0 Å². The number of nitrogens with zero attached hydrogens (tertiary/aromatic N) is 2. The van der Waals surface area contributed by atoms with Gasteiger partial charge < -0.3 is 20.4 Å². The Balaban J connectivity index is 1.93. The zero-order valence-corrected chi connectivity index (χ0v) is 15.3. The standard InChI is InChI=1S/C19H28N4O2/c1-4-13(2)17-18(24)21-16-8-6-5-7-15(16)12-23(17)19(25)22-10-9-20-14(3)11-22/h5-8,13-14,17,20H,4,9-12H2,1-3H3,(H,21,24)/t13-,14-,17-/m0/s1. The second-order valence-corrected chi connectivity index (χ2v) is 7.19. The first-order valence-corrected chi connectivity index (χ1v) is 9.19. The van der Waals surface area contributed by atoms with Crippen molar-refractivity contribution in [2.24, 2.45) is 5.92 Å². The molecule has 1 saturated heterocycles. The molecule has 0 unspecified atom stereocenters. The average molecular weight is 344 g/mol. The average Bonchev–Trinajstić information content (AvgIpc) is 2.76. The lowest BCUT2D eigenvalue weighted by molar-refractivity contribution is -0.122. The van der Waals surface area contributed by atoms with Crippen LogP contribution in [0.2, 0.25) is 0 Å². The number of hydrogen-bond acceptors (Lipinski definition) is 3. The van der Waals surface area contributed by atoms with Gasteiger partial charge in [0.25, 0.3) is 0 Å². The number of anilines is 1. The van der Waals surface area contributed by atoms with Gasteiger partial charge >= 0.3 is 6.03 Å². The van der Waals surface area contributed by atoms with Crippen LogP contribution in [0.15, 0.2) is 24.3 Å². The Morgan fingerprint density at radius 1 is 1.36 bits per heavy atom. The molecule has 1 aromatic carbocycles. The summed E-state index contributed by atoms with van der Waals surface area (Å²) < 4.78 is 0. The van der Waals surface area contributed by atoms with E-state index in [4.69, 9.17) is 0 Å². The number of carbonyl (C=O) groups is 2. The second-order valence-electron chi connectivity index (χ2n) is 7.19. The van der Waals surface area contributed by atoms with E-state index in [0.717, 1.165) is 24.2 Å². The molecule has 2 aliphatic heterocycles. The lowest BCUT2D eigenvalue weighted by Crippen LogP contribution is -2.58. The van der Waals surface area contributed by atoms with Crippen molar-refractivity contribution in [1.82, 2.24) is 15.1 Å². The molecule has 3 amide bonds. The summed E-state index contributed by atoms with van der Waals surface area (Å²) in [5, 5.41) is 6.38. The summed E-state index contributed by atoms with van der Waals surface area (Å²) in [5.41, 5.74) is 1.79. The van der Waals surface area contributed by atoms with Gasteiger partial charge in [-0.1, -0.05) is 38.5 Å². The normalized spacial score (nSPS) is 25.0. The first-order valence-electron chi connectivity index (χ1n) is 9.19. The fraction of sp³-hybridized carbons (Fsp3) is 0.579. The summed E-state index contributed by atoms with van der Waals surface area (Å²) in [6.45, 7) is 8.78. The van der Waals surface area contributed by atoms with Gasteiger partial charge in [-0.3, -0.25) is 4.79 Å². The molecule has 1 aromatic rings. The number of rotatable bonds is 2. The van der Waals surface area contributed by atoms with E-state index in [1.54, 1.807) is 4.90 Å². The molecule has 0 bridgehead atoms. The van der Waals surface area contributed by atoms with Crippen LogP contribution >= 0.6 is 0 Å². The highest BCUT2D eigenvalue weighted by Gasteiger charge is 2.38. The van der Waals surface area contributed by atoms with Crippen LogP contribution in [0.5, 0.6) is 0 Å². The molecule has 0 saturated carbocycles. The fourth-order valence-corrected chi connectivity index (χ4v) is 3.67. The van der Waals surface area contributed by atoms with Crippen molar-refractivity contribution in [3.63, 3.8) is 0 Å². The van der Waals surface area contributed by atoms with Crippen molar-refractivity contribution < 1.29 is 9.59 Å². The molecule has 0 aliphatic carbocycles. The summed E-state index contributed by atoms with van der Waals surface area (Å²) in [4.78, 5) is 29.8. The van der Waals surface area contributed by atoms with Gasteiger partial charge in [0.2, 0.25) is 5.91 Å². The van der Waals surface area contributed by atoms with Gasteiger partial charge in [-0.15, -0.1) is 0 Å². The molecule has 6 heteroatoms. The van der Waals surface area contributed by atoms with Crippen molar-refractivity contribution in [3.8, 4) is 0 Å². The van der Waals surface area contributed by atoms with E-state index in [9.17, 15) is 9.59 Å². The van der Waals surface area contributed by atoms with Crippen LogP contribution in [-0.2, 0) is 11.3 Å². The summed E-state index contributed by atoms with van der Waals surface area (Å²) in [6, 6.07) is 7.53. The van der Waals surface area contributed by atoms with E-state index < -0.39 is 6.04 Å². The first kappa shape index (κ1) is 17.7. The largest absolute Gasteiger partial charge is 0.324 e. The van der Waals surface area contributed by atoms with Gasteiger partial charge in [-0.05, 0) is 24.5 Å². The first-order chi connectivity index (χ1) is 12.0. The highest BCUT2D eigenvalue weighted by Crippen LogP contribution is 2.28. The van der Waals surface area contributed by atoms with Crippen LogP contribution in [0.3, 0.4) is 0 Å². The number of amides is 3. The fourth-order valence-electron chi connectivity index (χ4n) is 3.67. The van der Waals surface area contributed by atoms with Crippen LogP contribution < -0.4 is 10.6 Å². The van der Waals surface area contributed by atoms with Gasteiger partial charge in [-0.2, -0.15) is 0 Å². The number of hydrogen-bond donors (Lipinski definition) is 2. The third-order valence-corrected chi connectivity index (χ3v) is 5.29. The van der Waals surface area contributed by atoms with E-state index in [2.05, 4.69) is 24.5 Å². The van der Waals surface area contributed by atoms with E-state index >= 15 is 0 Å². The summed E-state index contributed by atoms with van der Waals surface area (Å²) >= 11 is 0. The highest BCUT2D eigenvalue weighted by molar-refractivity contribution is 5.98. The minimum atomic E-state index is -0.449. The molecule has 6 nitrogen and oxygen atoms in total. The Bertz CT molecular complexity index is 648. The number of urea groups is 1. The van der Waals surface area contributed by atoms with Crippen molar-refractivity contribution in [3.05, 3.63) is 29.8 Å². The zero-order valence-electron chi connectivity index (χ0n) is 15.3. The number of piperazine rings is 1. The molecular weight excluding hydrogens is 316 g/mol. The summed E-state index contributed by atoms with van der Waals surface area (Å²) in [7, 11) is 0. The van der Waals surface area contributed by atoms with Crippen molar-refractivity contribution in [2.45, 2.75) is 45.8 Å². The van der Waals surface area contributed by atoms with Crippen LogP contribution in [0, 0.1) is 5.92 Å². The van der Waals surface area contributed by atoms with Gasteiger partial charge in [0, 0.05) is 31.4 Å². The SMILES string of the molecule is CC[C@H](C)[C@H]1C(=O)Nc2ccccc2CN1C(=O)N1CCN[C@@H](C)C1. The number of fused-ring (bicyclic) bond motifs is 1. The Labute approximate surface area is 149 Å². The van der Waals surface area contributed by atoms with E-state index in [-0.39, 0.29) is 23.9 Å². The number of benzene rings is 1. The summed E-state index contributed by atoms with van der Waals surface area (Å²) in [5.74, 6) is 0.00874. The smallest absolute Gasteiger partial charge is 0.321 e. The molecule has 0 spiro atoms. The van der Waals surface area contributed by atoms with Crippen LogP contribution in [0.25, 0.3) is 0 Å². The van der Waals surface area contributed by atoms with Crippen LogP contribution in [0.1, 0.15) is 32.8 Å². The zero-order chi connectivity index (χ0) is 18.0. The number of para-hydroxylation sites is 1. The van der Waals surface area contributed by atoms with E-state index in [1.807, 2.05) is 36.1 Å². The minimum absolute atomic E-state index is 0.0366. The lowest BCUT2D eigenvalue weighted by Gasteiger charge is -2.39. The predicted octanol–water partition coefficient (Wildman–Crippen LogP) is 2.27. The molecule has 0 radical (unpaired) electrons. The molecule has 25 heavy (non-hydrogen) atoms. The van der Waals surface area contributed by atoms with Crippen molar-refractivity contribution in [2.75, 3.05) is 25.0 Å². The van der Waals surface area contributed by atoms with E-state index in [1.165, 1.54) is 0 Å². The maximum absolute atomic E-state index is 13.3. The van der Waals surface area contributed by atoms with Crippen LogP contribution in [-0.4, -0.2) is 53.5 Å². The Hall–Kier alpha value is -2.08. The van der Waals surface area contributed by atoms with Gasteiger partial charge in [0.05, 0.1) is 6.54 Å². The number of carbonyl (C=O) groups excluding carboxylic acids is 2. The molecule has 1 fully saturated rings. The Morgan fingerprint density at radius 3 is 2.84 bits per heavy atom. The number of nitrogens with one attached hydrogen (secondary N) is 2. The predicted molar refractivity (Wildman–Crippen MR) is 98.3 cm³/mol. The lowest BCUT2D eigenvalue weighted by atomic mass is 9.97. The van der Waals surface area contributed by atoms with Gasteiger partial charge in [0.1, 0.15) is 6.04 Å². The molecule has 3 rings (SSSR count). The molecule has 0 aromatic heterocycles. The quantitative estimate of drug-likeness (QED) is 0.865. The minimum Gasteiger partial charge on any atom is -0.324 e. The third-order valence-electron chi connectivity index (χ3n) is 5.29. The Morgan fingerprint density at radius 2 is 2.12 bits per heavy atom. The Kier molecular flexibility index (Phi) is 5.27. The third kappa shape index (κ3) is 3.63. The van der Waals surface area contributed by atoms with Crippen molar-refractivity contribution >= 4 is 17.6 Å². The second kappa shape index (κ2) is 7.44. The molecule has 2 aliphatic rings. The monoisotopic (exact) mass is 344 g/mol. The highest BCUT2D eigenvalue weighted by atomic mass is 16.2. The van der Waals surface area contributed by atoms with Gasteiger partial charge in [-0.25, -0.2) is 4.79 Å². The molecular formula is C19H28N4O2. The topological polar surface area (TPSA) is 64.7 Å². The summed E-state index contributed by atoms with van der Waals surface area (Å²) in [6.07, 6.45) is 0.843. The van der Waals surface area contributed by atoms with Gasteiger partial charge in [0.15, 0.2) is 0 Å². The molecule has 2 N–H and O–H groups in total. The maximum Gasteiger partial charge on any atom is 0.321 e. The van der Waals surface area contributed by atoms with Crippen LogP contribution in [0.4, 0.5) is 10.5 Å². The molecule has 3 atom stereocenters. The molecule has 136 valence electrons. The molecule has 2 heterocycles.